The summed E-state index contributed by atoms with van der Waals surface area (Å²) in [5, 5.41) is 16.1. The number of hydrogen-bond acceptors (Lipinski definition) is 5. The number of aryl methyl sites for hydroxylation is 1. The monoisotopic (exact) mass is 529 g/mol. The van der Waals surface area contributed by atoms with E-state index in [4.69, 9.17) is 16.6 Å². The zero-order valence-electron chi connectivity index (χ0n) is 15.8. The van der Waals surface area contributed by atoms with Gasteiger partial charge in [0.1, 0.15) is 11.3 Å². The molecule has 0 spiro atoms. The molecule has 0 saturated heterocycles. The third-order valence-corrected chi connectivity index (χ3v) is 5.29. The number of fused-ring (bicyclic) bond motifs is 1. The highest BCUT2D eigenvalue weighted by Gasteiger charge is 2.14. The third kappa shape index (κ3) is 4.44. The maximum Gasteiger partial charge on any atom is 0.257 e. The fourth-order valence-electron chi connectivity index (χ4n) is 2.88. The zero-order valence-corrected chi connectivity index (χ0v) is 18.7. The van der Waals surface area contributed by atoms with Crippen molar-refractivity contribution >= 4 is 62.6 Å². The number of aromatic nitrogens is 1. The van der Waals surface area contributed by atoms with E-state index in [2.05, 4.69) is 38.2 Å². The Balaban J connectivity index is 1.47. The number of rotatable bonds is 3. The first-order valence-electron chi connectivity index (χ1n) is 8.97. The minimum atomic E-state index is -0.313. The van der Waals surface area contributed by atoms with Crippen molar-refractivity contribution in [2.75, 3.05) is 5.32 Å². The number of benzene rings is 3. The molecule has 3 aromatic carbocycles. The number of hydrogen-bond donors (Lipinski definition) is 3. The van der Waals surface area contributed by atoms with E-state index in [0.717, 1.165) is 14.7 Å². The van der Waals surface area contributed by atoms with Crippen molar-refractivity contribution in [2.24, 2.45) is 0 Å². The third-order valence-electron chi connectivity index (χ3n) is 4.36. The van der Waals surface area contributed by atoms with Crippen LogP contribution in [0.25, 0.3) is 22.6 Å². The normalized spacial score (nSPS) is 10.7. The van der Waals surface area contributed by atoms with Crippen molar-refractivity contribution in [3.63, 3.8) is 0 Å². The van der Waals surface area contributed by atoms with E-state index in [1.54, 1.807) is 24.3 Å². The second kappa shape index (κ2) is 8.41. The van der Waals surface area contributed by atoms with E-state index in [1.807, 2.05) is 37.3 Å². The van der Waals surface area contributed by atoms with Gasteiger partial charge in [-0.05, 0) is 95.8 Å². The molecule has 1 aromatic heterocycles. The second-order valence-corrected chi connectivity index (χ2v) is 8.29. The van der Waals surface area contributed by atoms with Gasteiger partial charge in [-0.3, -0.25) is 10.1 Å². The number of nitrogens with zero attached hydrogens (tertiary/aromatic N) is 1. The van der Waals surface area contributed by atoms with Crippen molar-refractivity contribution in [3.05, 3.63) is 75.4 Å². The molecule has 3 N–H and O–H groups in total. The molecule has 0 atom stereocenters. The number of phenols is 1. The quantitative estimate of drug-likeness (QED) is 0.249. The topological polar surface area (TPSA) is 87.4 Å². The van der Waals surface area contributed by atoms with Crippen molar-refractivity contribution in [2.45, 2.75) is 6.92 Å². The van der Waals surface area contributed by atoms with Gasteiger partial charge in [0.15, 0.2) is 10.7 Å². The number of amides is 1. The molecule has 0 aliphatic rings. The molecule has 4 aromatic rings. The molecule has 0 aliphatic carbocycles. The first kappa shape index (κ1) is 20.3. The van der Waals surface area contributed by atoms with Crippen LogP contribution in [0.3, 0.4) is 0 Å². The summed E-state index contributed by atoms with van der Waals surface area (Å²) >= 11 is 7.38. The Morgan fingerprint density at radius 1 is 1.10 bits per heavy atom. The van der Waals surface area contributed by atoms with Gasteiger partial charge in [0.2, 0.25) is 5.89 Å². The lowest BCUT2D eigenvalue weighted by atomic mass is 10.2. The van der Waals surface area contributed by atoms with Gasteiger partial charge < -0.3 is 14.8 Å². The summed E-state index contributed by atoms with van der Waals surface area (Å²) in [7, 11) is 0. The molecule has 0 fully saturated rings. The van der Waals surface area contributed by atoms with Gasteiger partial charge >= 0.3 is 0 Å². The maximum absolute atomic E-state index is 12.3. The average Bonchev–Trinajstić information content (AvgIpc) is 3.11. The molecule has 0 bridgehead atoms. The Hall–Kier alpha value is -2.98. The van der Waals surface area contributed by atoms with E-state index >= 15 is 0 Å². The van der Waals surface area contributed by atoms with Crippen LogP contribution < -0.4 is 10.6 Å². The Bertz CT molecular complexity index is 1270. The van der Waals surface area contributed by atoms with Crippen molar-refractivity contribution in [1.29, 1.82) is 0 Å². The fourth-order valence-corrected chi connectivity index (χ4v) is 3.45. The lowest BCUT2D eigenvalue weighted by Gasteiger charge is -2.11. The van der Waals surface area contributed by atoms with Crippen LogP contribution >= 0.6 is 34.8 Å². The van der Waals surface area contributed by atoms with E-state index in [0.29, 0.717) is 28.3 Å². The predicted molar refractivity (Wildman–Crippen MR) is 129 cm³/mol. The zero-order chi connectivity index (χ0) is 21.3. The SMILES string of the molecule is Cc1ccc2nc(-c3ccc(NC(=S)NC(=O)c4ccc(I)cc4)cc3O)oc2c1. The molecule has 150 valence electrons. The number of nitrogens with one attached hydrogen (secondary N) is 2. The van der Waals surface area contributed by atoms with Gasteiger partial charge in [-0.1, -0.05) is 6.07 Å². The minimum absolute atomic E-state index is 0.0185. The van der Waals surface area contributed by atoms with Crippen LogP contribution in [0.5, 0.6) is 5.75 Å². The molecule has 0 saturated carbocycles. The second-order valence-electron chi connectivity index (χ2n) is 6.64. The molecule has 0 unspecified atom stereocenters. The largest absolute Gasteiger partial charge is 0.507 e. The maximum atomic E-state index is 12.3. The van der Waals surface area contributed by atoms with Crippen LogP contribution in [0, 0.1) is 10.5 Å². The fraction of sp³-hybridized carbons (Fsp3) is 0.0455. The van der Waals surface area contributed by atoms with Crippen LogP contribution in [0.4, 0.5) is 5.69 Å². The molecule has 0 radical (unpaired) electrons. The van der Waals surface area contributed by atoms with Gasteiger partial charge in [-0.15, -0.1) is 0 Å². The molecule has 4 rings (SSSR count). The Labute approximate surface area is 191 Å². The molecule has 6 nitrogen and oxygen atoms in total. The van der Waals surface area contributed by atoms with Crippen LogP contribution in [-0.4, -0.2) is 21.1 Å². The van der Waals surface area contributed by atoms with E-state index < -0.39 is 0 Å². The number of aromatic hydroxyl groups is 1. The van der Waals surface area contributed by atoms with Crippen LogP contribution in [0.15, 0.2) is 65.1 Å². The number of carbonyl (C=O) groups is 1. The van der Waals surface area contributed by atoms with Gasteiger partial charge in [-0.25, -0.2) is 4.98 Å². The van der Waals surface area contributed by atoms with Crippen LogP contribution in [-0.2, 0) is 0 Å². The predicted octanol–water partition coefficient (Wildman–Crippen LogP) is 5.24. The van der Waals surface area contributed by atoms with E-state index in [1.165, 1.54) is 6.07 Å². The number of thiocarbonyl (C=S) groups is 1. The number of anilines is 1. The van der Waals surface area contributed by atoms with Gasteiger partial charge in [0, 0.05) is 20.9 Å². The molecule has 8 heteroatoms. The Morgan fingerprint density at radius 2 is 1.87 bits per heavy atom. The highest BCUT2D eigenvalue weighted by Crippen LogP contribution is 2.33. The van der Waals surface area contributed by atoms with Crippen molar-refractivity contribution in [3.8, 4) is 17.2 Å². The van der Waals surface area contributed by atoms with Crippen molar-refractivity contribution in [1.82, 2.24) is 10.3 Å². The highest BCUT2D eigenvalue weighted by molar-refractivity contribution is 14.1. The number of oxazole rings is 1. The molecular weight excluding hydrogens is 513 g/mol. The first-order chi connectivity index (χ1) is 14.4. The summed E-state index contributed by atoms with van der Waals surface area (Å²) in [5.41, 5.74) is 3.93. The van der Waals surface area contributed by atoms with Gasteiger partial charge in [-0.2, -0.15) is 0 Å². The number of phenolic OH excluding ortho intramolecular Hbond substituents is 1. The smallest absolute Gasteiger partial charge is 0.257 e. The number of carbonyl (C=O) groups excluding carboxylic acids is 1. The standard InChI is InChI=1S/C22H16IN3O3S/c1-12-2-9-17-19(10-12)29-21(25-17)16-8-7-15(11-18(16)27)24-22(30)26-20(28)13-3-5-14(23)6-4-13/h2-11,27H,1H3,(H2,24,26,28,30). The molecule has 1 heterocycles. The number of halogens is 1. The molecule has 1 amide bonds. The average molecular weight is 529 g/mol. The van der Waals surface area contributed by atoms with Crippen LogP contribution in [0.1, 0.15) is 15.9 Å². The first-order valence-corrected chi connectivity index (χ1v) is 10.5. The molecule has 0 aliphatic heterocycles. The minimum Gasteiger partial charge on any atom is -0.507 e. The summed E-state index contributed by atoms with van der Waals surface area (Å²) < 4.78 is 6.81. The summed E-state index contributed by atoms with van der Waals surface area (Å²) in [6, 6.07) is 17.8. The highest BCUT2D eigenvalue weighted by atomic mass is 127. The van der Waals surface area contributed by atoms with Gasteiger partial charge in [0.05, 0.1) is 5.56 Å². The lowest BCUT2D eigenvalue weighted by molar-refractivity contribution is 0.0977. The Kier molecular flexibility index (Phi) is 5.69. The summed E-state index contributed by atoms with van der Waals surface area (Å²) in [6.07, 6.45) is 0. The molecule has 30 heavy (non-hydrogen) atoms. The van der Waals surface area contributed by atoms with E-state index in [9.17, 15) is 9.90 Å². The summed E-state index contributed by atoms with van der Waals surface area (Å²) in [6.45, 7) is 1.97. The van der Waals surface area contributed by atoms with E-state index in [-0.39, 0.29) is 16.8 Å². The molecular formula is C22H16IN3O3S. The summed E-state index contributed by atoms with van der Waals surface area (Å²) in [5.74, 6) is -0.00390. The Morgan fingerprint density at radius 3 is 2.60 bits per heavy atom. The lowest BCUT2D eigenvalue weighted by Crippen LogP contribution is -2.34. The summed E-state index contributed by atoms with van der Waals surface area (Å²) in [4.78, 5) is 16.7. The van der Waals surface area contributed by atoms with Crippen molar-refractivity contribution < 1.29 is 14.3 Å². The van der Waals surface area contributed by atoms with Crippen LogP contribution in [0.2, 0.25) is 0 Å². The van der Waals surface area contributed by atoms with Gasteiger partial charge in [0.25, 0.3) is 5.91 Å².